The van der Waals surface area contributed by atoms with Gasteiger partial charge in [-0.25, -0.2) is 9.78 Å². The zero-order valence-electron chi connectivity index (χ0n) is 9.02. The fraction of sp³-hybridized carbons (Fsp3) is 0.455. The number of nitrogens with one attached hydrogen (secondary N) is 1. The molecule has 0 spiro atoms. The molecule has 0 amide bonds. The lowest BCUT2D eigenvalue weighted by Gasteiger charge is -2.20. The van der Waals surface area contributed by atoms with Gasteiger partial charge in [-0.05, 0) is 25.1 Å². The third-order valence-corrected chi connectivity index (χ3v) is 2.66. The van der Waals surface area contributed by atoms with Gasteiger partial charge in [0.05, 0.1) is 5.56 Å². The number of hydrogen-bond donors (Lipinski definition) is 2. The van der Waals surface area contributed by atoms with Crippen LogP contribution in [0.2, 0.25) is 0 Å². The maximum absolute atomic E-state index is 10.7. The van der Waals surface area contributed by atoms with Gasteiger partial charge in [0.1, 0.15) is 5.82 Å². The van der Waals surface area contributed by atoms with Gasteiger partial charge < -0.3 is 15.3 Å². The summed E-state index contributed by atoms with van der Waals surface area (Å²) in [5.74, 6) is -0.0784. The van der Waals surface area contributed by atoms with E-state index in [2.05, 4.69) is 15.2 Å². The van der Waals surface area contributed by atoms with Crippen LogP contribution in [-0.4, -0.2) is 42.2 Å². The molecule has 1 aromatic heterocycles. The first-order valence-electron chi connectivity index (χ1n) is 5.42. The lowest BCUT2D eigenvalue weighted by Crippen LogP contribution is -2.28. The van der Waals surface area contributed by atoms with E-state index < -0.39 is 5.97 Å². The summed E-state index contributed by atoms with van der Waals surface area (Å²) in [6, 6.07) is 3.37. The van der Waals surface area contributed by atoms with Crippen molar-refractivity contribution in [1.29, 1.82) is 0 Å². The summed E-state index contributed by atoms with van der Waals surface area (Å²) in [7, 11) is 0. The van der Waals surface area contributed by atoms with Crippen molar-refractivity contribution in [2.24, 2.45) is 0 Å². The van der Waals surface area contributed by atoms with Crippen LogP contribution in [-0.2, 0) is 0 Å². The Morgan fingerprint density at radius 2 is 2.25 bits per heavy atom. The predicted molar refractivity (Wildman–Crippen MR) is 60.9 cm³/mol. The average molecular weight is 221 g/mol. The summed E-state index contributed by atoms with van der Waals surface area (Å²) in [6.07, 6.45) is 2.50. The Hall–Kier alpha value is -1.62. The molecule has 16 heavy (non-hydrogen) atoms. The SMILES string of the molecule is O=C(O)c1ccc(N2CCCNCC2)nc1. The van der Waals surface area contributed by atoms with Gasteiger partial charge in [0.25, 0.3) is 0 Å². The Balaban J connectivity index is 2.10. The maximum Gasteiger partial charge on any atom is 0.337 e. The summed E-state index contributed by atoms with van der Waals surface area (Å²) in [5, 5.41) is 12.1. The highest BCUT2D eigenvalue weighted by atomic mass is 16.4. The summed E-state index contributed by atoms with van der Waals surface area (Å²) in [5.41, 5.74) is 0.233. The number of carboxylic acid groups (broad SMARTS) is 1. The molecule has 1 aliphatic heterocycles. The standard InChI is InChI=1S/C11H15N3O2/c15-11(16)9-2-3-10(13-8-9)14-6-1-4-12-5-7-14/h2-3,8,12H,1,4-7H2,(H,15,16). The van der Waals surface area contributed by atoms with E-state index in [9.17, 15) is 4.79 Å². The van der Waals surface area contributed by atoms with Crippen LogP contribution in [0.5, 0.6) is 0 Å². The number of nitrogens with zero attached hydrogens (tertiary/aromatic N) is 2. The Labute approximate surface area is 94.1 Å². The molecule has 5 heteroatoms. The number of aromatic carboxylic acids is 1. The number of pyridine rings is 1. The summed E-state index contributed by atoms with van der Waals surface area (Å²) >= 11 is 0. The highest BCUT2D eigenvalue weighted by Gasteiger charge is 2.11. The lowest BCUT2D eigenvalue weighted by molar-refractivity contribution is 0.0696. The molecule has 86 valence electrons. The van der Waals surface area contributed by atoms with E-state index in [1.807, 2.05) is 0 Å². The first-order chi connectivity index (χ1) is 7.77. The average Bonchev–Trinajstić information content (AvgIpc) is 2.57. The van der Waals surface area contributed by atoms with Crippen LogP contribution in [0.15, 0.2) is 18.3 Å². The van der Waals surface area contributed by atoms with Crippen molar-refractivity contribution in [2.45, 2.75) is 6.42 Å². The molecule has 0 aliphatic carbocycles. The van der Waals surface area contributed by atoms with Gasteiger partial charge in [0, 0.05) is 25.8 Å². The summed E-state index contributed by atoms with van der Waals surface area (Å²) in [4.78, 5) is 17.0. The van der Waals surface area contributed by atoms with E-state index in [-0.39, 0.29) is 5.56 Å². The molecular weight excluding hydrogens is 206 g/mol. The van der Waals surface area contributed by atoms with Gasteiger partial charge >= 0.3 is 5.97 Å². The van der Waals surface area contributed by atoms with E-state index in [0.717, 1.165) is 38.4 Å². The molecule has 1 aliphatic rings. The fourth-order valence-electron chi connectivity index (χ4n) is 1.77. The van der Waals surface area contributed by atoms with E-state index in [0.29, 0.717) is 0 Å². The van der Waals surface area contributed by atoms with Crippen LogP contribution < -0.4 is 10.2 Å². The second-order valence-electron chi connectivity index (χ2n) is 3.80. The predicted octanol–water partition coefficient (Wildman–Crippen LogP) is 0.579. The van der Waals surface area contributed by atoms with Crippen molar-refractivity contribution < 1.29 is 9.90 Å². The van der Waals surface area contributed by atoms with Crippen molar-refractivity contribution in [3.8, 4) is 0 Å². The summed E-state index contributed by atoms with van der Waals surface area (Å²) < 4.78 is 0. The third kappa shape index (κ3) is 2.49. The maximum atomic E-state index is 10.7. The van der Waals surface area contributed by atoms with Crippen LogP contribution in [0.4, 0.5) is 5.82 Å². The molecule has 0 aromatic carbocycles. The second kappa shape index (κ2) is 4.94. The van der Waals surface area contributed by atoms with Crippen molar-refractivity contribution in [3.63, 3.8) is 0 Å². The highest BCUT2D eigenvalue weighted by Crippen LogP contribution is 2.12. The van der Waals surface area contributed by atoms with Gasteiger partial charge in [-0.3, -0.25) is 0 Å². The minimum atomic E-state index is -0.934. The van der Waals surface area contributed by atoms with E-state index in [4.69, 9.17) is 5.11 Å². The molecular formula is C11H15N3O2. The van der Waals surface area contributed by atoms with Gasteiger partial charge in [-0.1, -0.05) is 0 Å². The minimum Gasteiger partial charge on any atom is -0.478 e. The number of aromatic nitrogens is 1. The smallest absolute Gasteiger partial charge is 0.337 e. The Bertz CT molecular complexity index is 356. The molecule has 1 saturated heterocycles. The molecule has 2 rings (SSSR count). The van der Waals surface area contributed by atoms with Gasteiger partial charge in [0.2, 0.25) is 0 Å². The number of carbonyl (C=O) groups is 1. The molecule has 1 aromatic rings. The fourth-order valence-corrected chi connectivity index (χ4v) is 1.77. The molecule has 1 fully saturated rings. The molecule has 5 nitrogen and oxygen atoms in total. The molecule has 2 heterocycles. The molecule has 2 N–H and O–H groups in total. The topological polar surface area (TPSA) is 65.5 Å². The van der Waals surface area contributed by atoms with Crippen molar-refractivity contribution in [3.05, 3.63) is 23.9 Å². The molecule has 0 bridgehead atoms. The van der Waals surface area contributed by atoms with E-state index >= 15 is 0 Å². The van der Waals surface area contributed by atoms with Gasteiger partial charge in [-0.15, -0.1) is 0 Å². The Morgan fingerprint density at radius 1 is 1.38 bits per heavy atom. The molecule has 0 unspecified atom stereocenters. The second-order valence-corrected chi connectivity index (χ2v) is 3.80. The van der Waals surface area contributed by atoms with Crippen molar-refractivity contribution in [2.75, 3.05) is 31.1 Å². The third-order valence-electron chi connectivity index (χ3n) is 2.66. The first-order valence-corrected chi connectivity index (χ1v) is 5.42. The monoisotopic (exact) mass is 221 g/mol. The van der Waals surface area contributed by atoms with Gasteiger partial charge in [0.15, 0.2) is 0 Å². The number of anilines is 1. The lowest BCUT2D eigenvalue weighted by atomic mass is 10.3. The molecule has 0 atom stereocenters. The molecule has 0 saturated carbocycles. The van der Waals surface area contributed by atoms with Crippen LogP contribution in [0.25, 0.3) is 0 Å². The number of hydrogen-bond acceptors (Lipinski definition) is 4. The van der Waals surface area contributed by atoms with Crippen LogP contribution in [0.3, 0.4) is 0 Å². The first kappa shape index (κ1) is 10.9. The normalized spacial score (nSPS) is 16.9. The quantitative estimate of drug-likeness (QED) is 0.764. The van der Waals surface area contributed by atoms with E-state index in [1.165, 1.54) is 6.20 Å². The molecule has 0 radical (unpaired) electrons. The van der Waals surface area contributed by atoms with Crippen LogP contribution in [0.1, 0.15) is 16.8 Å². The number of rotatable bonds is 2. The largest absolute Gasteiger partial charge is 0.478 e. The minimum absolute atomic E-state index is 0.233. The Kier molecular flexibility index (Phi) is 3.36. The number of carboxylic acids is 1. The van der Waals surface area contributed by atoms with Crippen molar-refractivity contribution in [1.82, 2.24) is 10.3 Å². The van der Waals surface area contributed by atoms with Gasteiger partial charge in [-0.2, -0.15) is 0 Å². The van der Waals surface area contributed by atoms with Crippen molar-refractivity contribution >= 4 is 11.8 Å². The van der Waals surface area contributed by atoms with E-state index in [1.54, 1.807) is 12.1 Å². The van der Waals surface area contributed by atoms with Crippen LogP contribution >= 0.6 is 0 Å². The highest BCUT2D eigenvalue weighted by molar-refractivity contribution is 5.87. The summed E-state index contributed by atoms with van der Waals surface area (Å²) in [6.45, 7) is 3.86. The zero-order valence-corrected chi connectivity index (χ0v) is 9.02. The zero-order chi connectivity index (χ0) is 11.4. The van der Waals surface area contributed by atoms with Crippen LogP contribution in [0, 0.1) is 0 Å². The Morgan fingerprint density at radius 3 is 2.94 bits per heavy atom.